The van der Waals surface area contributed by atoms with E-state index in [2.05, 4.69) is 0 Å². The summed E-state index contributed by atoms with van der Waals surface area (Å²) in [6.45, 7) is 2.76. The fraction of sp³-hybridized carbons (Fsp3) is 0.316. The molecule has 8 heteroatoms. The number of hydrogen-bond acceptors (Lipinski definition) is 5. The molecule has 27 heavy (non-hydrogen) atoms. The molecule has 6 nitrogen and oxygen atoms in total. The van der Waals surface area contributed by atoms with Crippen molar-refractivity contribution in [1.82, 2.24) is 4.31 Å². The van der Waals surface area contributed by atoms with Gasteiger partial charge in [-0.1, -0.05) is 17.7 Å². The second kappa shape index (κ2) is 7.88. The van der Waals surface area contributed by atoms with E-state index in [0.29, 0.717) is 18.1 Å². The van der Waals surface area contributed by atoms with Gasteiger partial charge in [0.25, 0.3) is 0 Å². The third kappa shape index (κ3) is 4.10. The van der Waals surface area contributed by atoms with Gasteiger partial charge in [0.2, 0.25) is 10.0 Å². The van der Waals surface area contributed by atoms with E-state index in [0.717, 1.165) is 18.4 Å². The molecule has 0 unspecified atom stereocenters. The zero-order chi connectivity index (χ0) is 19.6. The van der Waals surface area contributed by atoms with E-state index < -0.39 is 16.0 Å². The molecule has 1 heterocycles. The van der Waals surface area contributed by atoms with Crippen LogP contribution in [0, 0.1) is 6.92 Å². The molecule has 0 atom stereocenters. The predicted octanol–water partition coefficient (Wildman–Crippen LogP) is 3.66. The van der Waals surface area contributed by atoms with E-state index in [1.807, 2.05) is 6.92 Å². The Morgan fingerprint density at radius 3 is 2.44 bits per heavy atom. The minimum absolute atomic E-state index is 0.0447. The van der Waals surface area contributed by atoms with Gasteiger partial charge in [-0.2, -0.15) is 4.31 Å². The predicted molar refractivity (Wildman–Crippen MR) is 102 cm³/mol. The summed E-state index contributed by atoms with van der Waals surface area (Å²) in [5, 5.41) is 0.298. The standard InChI is InChI=1S/C19H20ClNO5S/c1-13-5-7-15(20)17(11-13)26-19(22)14-6-8-16(25-2)18(12-14)27(23,24)21-9-3-4-10-21/h5-8,11-12H,3-4,9-10H2,1-2H3. The van der Waals surface area contributed by atoms with Gasteiger partial charge in [-0.3, -0.25) is 0 Å². The lowest BCUT2D eigenvalue weighted by molar-refractivity contribution is 0.0734. The largest absolute Gasteiger partial charge is 0.495 e. The van der Waals surface area contributed by atoms with Crippen molar-refractivity contribution in [2.45, 2.75) is 24.7 Å². The van der Waals surface area contributed by atoms with Crippen LogP contribution in [0.5, 0.6) is 11.5 Å². The van der Waals surface area contributed by atoms with Crippen molar-refractivity contribution in [3.05, 3.63) is 52.5 Å². The zero-order valence-electron chi connectivity index (χ0n) is 15.1. The summed E-state index contributed by atoms with van der Waals surface area (Å²) in [6, 6.07) is 9.29. The lowest BCUT2D eigenvalue weighted by Crippen LogP contribution is -2.28. The van der Waals surface area contributed by atoms with Gasteiger partial charge in [0.15, 0.2) is 0 Å². The van der Waals surface area contributed by atoms with Crippen LogP contribution in [0.25, 0.3) is 0 Å². The molecular formula is C19H20ClNO5S. The van der Waals surface area contributed by atoms with Crippen LogP contribution in [-0.2, 0) is 10.0 Å². The monoisotopic (exact) mass is 409 g/mol. The number of sulfonamides is 1. The molecule has 0 N–H and O–H groups in total. The molecule has 1 saturated heterocycles. The van der Waals surface area contributed by atoms with Gasteiger partial charge < -0.3 is 9.47 Å². The highest BCUT2D eigenvalue weighted by atomic mass is 35.5. The summed E-state index contributed by atoms with van der Waals surface area (Å²) in [7, 11) is -2.36. The van der Waals surface area contributed by atoms with Gasteiger partial charge in [-0.05, 0) is 55.7 Å². The second-order valence-electron chi connectivity index (χ2n) is 6.30. The highest BCUT2D eigenvalue weighted by Gasteiger charge is 2.31. The molecule has 0 radical (unpaired) electrons. The fourth-order valence-electron chi connectivity index (χ4n) is 2.92. The summed E-state index contributed by atoms with van der Waals surface area (Å²) in [4.78, 5) is 12.5. The van der Waals surface area contributed by atoms with E-state index in [-0.39, 0.29) is 22.0 Å². The van der Waals surface area contributed by atoms with E-state index in [1.54, 1.807) is 18.2 Å². The van der Waals surface area contributed by atoms with E-state index in [1.165, 1.54) is 29.6 Å². The summed E-state index contributed by atoms with van der Waals surface area (Å²) >= 11 is 6.07. The average Bonchev–Trinajstić information content (AvgIpc) is 3.19. The first kappa shape index (κ1) is 19.7. The van der Waals surface area contributed by atoms with Crippen molar-refractivity contribution in [2.75, 3.05) is 20.2 Å². The molecule has 0 bridgehead atoms. The smallest absolute Gasteiger partial charge is 0.343 e. The minimum atomic E-state index is -3.75. The molecule has 3 rings (SSSR count). The number of carbonyl (C=O) groups is 1. The van der Waals surface area contributed by atoms with Gasteiger partial charge in [-0.15, -0.1) is 0 Å². The molecule has 1 aliphatic rings. The van der Waals surface area contributed by atoms with Crippen LogP contribution in [0.15, 0.2) is 41.3 Å². The van der Waals surface area contributed by atoms with E-state index in [9.17, 15) is 13.2 Å². The number of aryl methyl sites for hydroxylation is 1. The van der Waals surface area contributed by atoms with Crippen LogP contribution < -0.4 is 9.47 Å². The maximum atomic E-state index is 12.9. The van der Waals surface area contributed by atoms with E-state index >= 15 is 0 Å². The highest BCUT2D eigenvalue weighted by molar-refractivity contribution is 7.89. The van der Waals surface area contributed by atoms with Crippen molar-refractivity contribution in [3.8, 4) is 11.5 Å². The van der Waals surface area contributed by atoms with Crippen LogP contribution in [-0.4, -0.2) is 38.9 Å². The Labute approximate surface area is 163 Å². The molecule has 0 aliphatic carbocycles. The van der Waals surface area contributed by atoms with Crippen molar-refractivity contribution in [2.24, 2.45) is 0 Å². The van der Waals surface area contributed by atoms with Gasteiger partial charge in [-0.25, -0.2) is 13.2 Å². The van der Waals surface area contributed by atoms with Crippen molar-refractivity contribution < 1.29 is 22.7 Å². The lowest BCUT2D eigenvalue weighted by atomic mass is 10.2. The molecule has 0 amide bonds. The zero-order valence-corrected chi connectivity index (χ0v) is 16.6. The Kier molecular flexibility index (Phi) is 5.74. The third-order valence-corrected chi connectivity index (χ3v) is 6.60. The SMILES string of the molecule is COc1ccc(C(=O)Oc2cc(C)ccc2Cl)cc1S(=O)(=O)N1CCCC1. The van der Waals surface area contributed by atoms with Crippen molar-refractivity contribution >= 4 is 27.6 Å². The van der Waals surface area contributed by atoms with Gasteiger partial charge in [0.1, 0.15) is 16.4 Å². The number of nitrogens with zero attached hydrogens (tertiary/aromatic N) is 1. The minimum Gasteiger partial charge on any atom is -0.495 e. The van der Waals surface area contributed by atoms with E-state index in [4.69, 9.17) is 21.1 Å². The number of carbonyl (C=O) groups excluding carboxylic acids is 1. The molecular weight excluding hydrogens is 390 g/mol. The van der Waals surface area contributed by atoms with Gasteiger partial charge in [0, 0.05) is 13.1 Å². The molecule has 2 aromatic rings. The lowest BCUT2D eigenvalue weighted by Gasteiger charge is -2.18. The number of benzene rings is 2. The fourth-order valence-corrected chi connectivity index (χ4v) is 4.78. The number of ether oxygens (including phenoxy) is 2. The van der Waals surface area contributed by atoms with Crippen LogP contribution in [0.4, 0.5) is 0 Å². The topological polar surface area (TPSA) is 72.9 Å². The third-order valence-electron chi connectivity index (χ3n) is 4.37. The Bertz CT molecular complexity index is 968. The van der Waals surface area contributed by atoms with Crippen molar-refractivity contribution in [1.29, 1.82) is 0 Å². The Hall–Kier alpha value is -2.09. The van der Waals surface area contributed by atoms with Crippen LogP contribution >= 0.6 is 11.6 Å². The van der Waals surface area contributed by atoms with Crippen molar-refractivity contribution in [3.63, 3.8) is 0 Å². The maximum absolute atomic E-state index is 12.9. The molecule has 144 valence electrons. The number of esters is 1. The number of rotatable bonds is 5. The Morgan fingerprint density at radius 1 is 1.07 bits per heavy atom. The summed E-state index contributed by atoms with van der Waals surface area (Å²) in [5.74, 6) is -0.281. The molecule has 1 fully saturated rings. The first-order valence-electron chi connectivity index (χ1n) is 8.49. The normalized spacial score (nSPS) is 14.9. The second-order valence-corrected chi connectivity index (χ2v) is 8.61. The molecule has 0 spiro atoms. The van der Waals surface area contributed by atoms with Crippen LogP contribution in [0.3, 0.4) is 0 Å². The Balaban J connectivity index is 1.95. The quantitative estimate of drug-likeness (QED) is 0.556. The Morgan fingerprint density at radius 2 is 1.78 bits per heavy atom. The summed E-state index contributed by atoms with van der Waals surface area (Å²) in [5.41, 5.74) is 0.986. The number of methoxy groups -OCH3 is 1. The number of halogens is 1. The number of hydrogen-bond donors (Lipinski definition) is 0. The van der Waals surface area contributed by atoms with Gasteiger partial charge in [0.05, 0.1) is 17.7 Å². The average molecular weight is 410 g/mol. The molecule has 0 aromatic heterocycles. The molecule has 0 saturated carbocycles. The summed E-state index contributed by atoms with van der Waals surface area (Å²) in [6.07, 6.45) is 1.63. The maximum Gasteiger partial charge on any atom is 0.343 e. The van der Waals surface area contributed by atoms with Gasteiger partial charge >= 0.3 is 5.97 Å². The first-order valence-corrected chi connectivity index (χ1v) is 10.3. The summed E-state index contributed by atoms with van der Waals surface area (Å²) < 4.78 is 37.8. The van der Waals surface area contributed by atoms with Crippen LogP contribution in [0.2, 0.25) is 5.02 Å². The van der Waals surface area contributed by atoms with Crippen LogP contribution in [0.1, 0.15) is 28.8 Å². The molecule has 2 aromatic carbocycles. The highest BCUT2D eigenvalue weighted by Crippen LogP contribution is 2.31. The first-order chi connectivity index (χ1) is 12.8. The molecule has 1 aliphatic heterocycles.